The highest BCUT2D eigenvalue weighted by atomic mass is 32.2. The third-order valence-corrected chi connectivity index (χ3v) is 2.63. The van der Waals surface area contributed by atoms with E-state index in [1.54, 1.807) is 0 Å². The summed E-state index contributed by atoms with van der Waals surface area (Å²) in [6.07, 6.45) is 1.05. The maximum Gasteiger partial charge on any atom is 0.0835 e. The van der Waals surface area contributed by atoms with E-state index in [0.29, 0.717) is 0 Å². The second-order valence-corrected chi connectivity index (χ2v) is 3.35. The van der Waals surface area contributed by atoms with Crippen molar-refractivity contribution in [1.29, 1.82) is 0 Å². The van der Waals surface area contributed by atoms with Gasteiger partial charge in [-0.05, 0) is 13.3 Å². The van der Waals surface area contributed by atoms with Crippen LogP contribution in [0.2, 0.25) is 0 Å². The van der Waals surface area contributed by atoms with Gasteiger partial charge in [0.1, 0.15) is 0 Å². The molecule has 0 aromatic heterocycles. The standard InChI is InChI=1S/C7H16N2S/c1-3-7(6(2)9)10-5-4-8/h3-5,8-9H2,1-2H3/p+1/b7-6+. The van der Waals surface area contributed by atoms with Crippen LogP contribution in [0.1, 0.15) is 20.3 Å². The number of allylic oxidation sites excluding steroid dienone is 2. The number of nitrogens with two attached hydrogens (primary N) is 1. The van der Waals surface area contributed by atoms with Crippen LogP contribution in [0.5, 0.6) is 0 Å². The summed E-state index contributed by atoms with van der Waals surface area (Å²) in [7, 11) is 0. The monoisotopic (exact) mass is 161 g/mol. The molecule has 2 nitrogen and oxygen atoms in total. The molecule has 0 bridgehead atoms. The Morgan fingerprint density at radius 2 is 2.20 bits per heavy atom. The molecule has 0 atom stereocenters. The first kappa shape index (κ1) is 9.85. The largest absolute Gasteiger partial charge is 0.402 e. The molecule has 0 aliphatic rings. The second kappa shape index (κ2) is 5.62. The molecule has 0 saturated heterocycles. The minimum Gasteiger partial charge on any atom is -0.402 e. The van der Waals surface area contributed by atoms with Crippen LogP contribution in [0.4, 0.5) is 0 Å². The molecule has 0 aliphatic heterocycles. The number of quaternary nitrogens is 1. The zero-order valence-corrected chi connectivity index (χ0v) is 7.63. The van der Waals surface area contributed by atoms with Gasteiger partial charge in [0.2, 0.25) is 0 Å². The van der Waals surface area contributed by atoms with E-state index in [1.165, 1.54) is 4.91 Å². The molecule has 0 aromatic carbocycles. The van der Waals surface area contributed by atoms with Crippen molar-refractivity contribution in [3.8, 4) is 0 Å². The Hall–Kier alpha value is -0.150. The Morgan fingerprint density at radius 1 is 1.60 bits per heavy atom. The lowest BCUT2D eigenvalue weighted by molar-refractivity contribution is -0.360. The van der Waals surface area contributed by atoms with Gasteiger partial charge in [-0.1, -0.05) is 6.92 Å². The Bertz CT molecular complexity index is 117. The predicted octanol–water partition coefficient (Wildman–Crippen LogP) is 0.562. The minimum atomic E-state index is 0.959. The van der Waals surface area contributed by atoms with Crippen molar-refractivity contribution in [1.82, 2.24) is 0 Å². The molecule has 10 heavy (non-hydrogen) atoms. The summed E-state index contributed by atoms with van der Waals surface area (Å²) in [5, 5.41) is 0. The van der Waals surface area contributed by atoms with E-state index in [-0.39, 0.29) is 0 Å². The van der Waals surface area contributed by atoms with Gasteiger partial charge in [0.05, 0.1) is 6.54 Å². The van der Waals surface area contributed by atoms with Crippen LogP contribution in [0, 0.1) is 0 Å². The van der Waals surface area contributed by atoms with Gasteiger partial charge in [-0.2, -0.15) is 0 Å². The number of hydrogen-bond acceptors (Lipinski definition) is 2. The molecule has 0 fully saturated rings. The van der Waals surface area contributed by atoms with Crippen molar-refractivity contribution in [2.75, 3.05) is 12.3 Å². The Morgan fingerprint density at radius 3 is 2.50 bits per heavy atom. The average Bonchev–Trinajstić information content (AvgIpc) is 1.89. The molecule has 60 valence electrons. The lowest BCUT2D eigenvalue weighted by Gasteiger charge is -2.03. The van der Waals surface area contributed by atoms with E-state index in [1.807, 2.05) is 18.7 Å². The highest BCUT2D eigenvalue weighted by molar-refractivity contribution is 8.03. The van der Waals surface area contributed by atoms with Gasteiger partial charge in [-0.3, -0.25) is 0 Å². The van der Waals surface area contributed by atoms with Gasteiger partial charge < -0.3 is 11.5 Å². The van der Waals surface area contributed by atoms with Crippen molar-refractivity contribution in [3.05, 3.63) is 10.6 Å². The van der Waals surface area contributed by atoms with Gasteiger partial charge in [-0.15, -0.1) is 11.8 Å². The highest BCUT2D eigenvalue weighted by Gasteiger charge is 1.96. The SMILES string of the molecule is CC/C(SCC[NH3+])=C(/C)N. The molecule has 0 aliphatic carbocycles. The zero-order valence-electron chi connectivity index (χ0n) is 6.81. The van der Waals surface area contributed by atoms with E-state index < -0.39 is 0 Å². The van der Waals surface area contributed by atoms with Crippen LogP contribution in [-0.2, 0) is 0 Å². The summed E-state index contributed by atoms with van der Waals surface area (Å²) in [6, 6.07) is 0. The van der Waals surface area contributed by atoms with E-state index in [4.69, 9.17) is 5.73 Å². The van der Waals surface area contributed by atoms with E-state index >= 15 is 0 Å². The minimum absolute atomic E-state index is 0.959. The molecule has 0 unspecified atom stereocenters. The molecular formula is C7H17N2S+. The average molecular weight is 161 g/mol. The van der Waals surface area contributed by atoms with Gasteiger partial charge in [0.15, 0.2) is 0 Å². The molecular weight excluding hydrogens is 144 g/mol. The lowest BCUT2D eigenvalue weighted by Crippen LogP contribution is -2.51. The maximum atomic E-state index is 5.63. The smallest absolute Gasteiger partial charge is 0.0835 e. The fourth-order valence-corrected chi connectivity index (χ4v) is 1.51. The van der Waals surface area contributed by atoms with Gasteiger partial charge in [0.25, 0.3) is 0 Å². The molecule has 0 amide bonds. The Labute approximate surface area is 67.0 Å². The summed E-state index contributed by atoms with van der Waals surface area (Å²) in [4.78, 5) is 1.31. The molecule has 5 N–H and O–H groups in total. The number of thioether (sulfide) groups is 1. The van der Waals surface area contributed by atoms with Crippen LogP contribution < -0.4 is 11.5 Å². The van der Waals surface area contributed by atoms with Crippen LogP contribution in [0.3, 0.4) is 0 Å². The van der Waals surface area contributed by atoms with Crippen molar-refractivity contribution in [3.63, 3.8) is 0 Å². The fourth-order valence-electron chi connectivity index (χ4n) is 0.690. The summed E-state index contributed by atoms with van der Waals surface area (Å²) in [5.74, 6) is 1.08. The number of rotatable bonds is 4. The van der Waals surface area contributed by atoms with E-state index in [9.17, 15) is 0 Å². The molecule has 0 rings (SSSR count). The van der Waals surface area contributed by atoms with Crippen molar-refractivity contribution in [2.45, 2.75) is 20.3 Å². The van der Waals surface area contributed by atoms with Crippen molar-refractivity contribution in [2.24, 2.45) is 5.73 Å². The van der Waals surface area contributed by atoms with Gasteiger partial charge in [0, 0.05) is 16.4 Å². The molecule has 0 radical (unpaired) electrons. The normalized spacial score (nSPS) is 13.1. The van der Waals surface area contributed by atoms with Crippen molar-refractivity contribution < 1.29 is 5.73 Å². The van der Waals surface area contributed by atoms with E-state index in [2.05, 4.69) is 12.7 Å². The number of hydrogen-bond donors (Lipinski definition) is 2. The maximum absolute atomic E-state index is 5.63. The predicted molar refractivity (Wildman–Crippen MR) is 47.4 cm³/mol. The molecule has 0 saturated carbocycles. The van der Waals surface area contributed by atoms with Gasteiger partial charge >= 0.3 is 0 Å². The molecule has 0 spiro atoms. The Kier molecular flexibility index (Phi) is 5.54. The quantitative estimate of drug-likeness (QED) is 0.633. The Balaban J connectivity index is 3.73. The molecule has 3 heteroatoms. The molecule has 0 heterocycles. The van der Waals surface area contributed by atoms with Crippen molar-refractivity contribution >= 4 is 11.8 Å². The summed E-state index contributed by atoms with van der Waals surface area (Å²) < 4.78 is 0. The first-order valence-corrected chi connectivity index (χ1v) is 4.58. The van der Waals surface area contributed by atoms with Crippen LogP contribution in [-0.4, -0.2) is 12.3 Å². The third-order valence-electron chi connectivity index (χ3n) is 1.18. The van der Waals surface area contributed by atoms with E-state index in [0.717, 1.165) is 24.4 Å². The first-order chi connectivity index (χ1) is 4.72. The van der Waals surface area contributed by atoms with Gasteiger partial charge in [-0.25, -0.2) is 0 Å². The highest BCUT2D eigenvalue weighted by Crippen LogP contribution is 2.19. The van der Waals surface area contributed by atoms with Crippen LogP contribution in [0.25, 0.3) is 0 Å². The lowest BCUT2D eigenvalue weighted by atomic mass is 10.4. The van der Waals surface area contributed by atoms with Crippen LogP contribution >= 0.6 is 11.8 Å². The first-order valence-electron chi connectivity index (χ1n) is 3.59. The van der Waals surface area contributed by atoms with Crippen LogP contribution in [0.15, 0.2) is 10.6 Å². The summed E-state index contributed by atoms with van der Waals surface area (Å²) in [6.45, 7) is 5.05. The summed E-state index contributed by atoms with van der Waals surface area (Å²) in [5.41, 5.74) is 10.4. The topological polar surface area (TPSA) is 53.7 Å². The second-order valence-electron chi connectivity index (χ2n) is 2.16. The molecule has 0 aromatic rings. The fraction of sp³-hybridized carbons (Fsp3) is 0.714. The summed E-state index contributed by atoms with van der Waals surface area (Å²) >= 11 is 1.82. The zero-order chi connectivity index (χ0) is 7.98. The third kappa shape index (κ3) is 3.80.